The van der Waals surface area contributed by atoms with E-state index in [1.54, 1.807) is 18.2 Å². The first-order chi connectivity index (χ1) is 7.54. The third-order valence-corrected chi connectivity index (χ3v) is 3.37. The van der Waals surface area contributed by atoms with Crippen molar-refractivity contribution < 1.29 is 18.2 Å². The van der Waals surface area contributed by atoms with Gasteiger partial charge in [0.1, 0.15) is 5.75 Å². The molecule has 0 bridgehead atoms. The van der Waals surface area contributed by atoms with Crippen LogP contribution in [-0.4, -0.2) is 5.11 Å². The van der Waals surface area contributed by atoms with Gasteiger partial charge >= 0.3 is 10.5 Å². The Kier molecular flexibility index (Phi) is 2.64. The molecular weight excluding hydrogens is 230 g/mol. The zero-order chi connectivity index (χ0) is 11.8. The van der Waals surface area contributed by atoms with Crippen LogP contribution in [0, 0.1) is 0 Å². The Morgan fingerprint density at radius 2 is 2.00 bits per heavy atom. The zero-order valence-electron chi connectivity index (χ0n) is 8.12. The predicted octanol–water partition coefficient (Wildman–Crippen LogP) is 1.55. The van der Waals surface area contributed by atoms with Gasteiger partial charge in [-0.25, -0.2) is 0 Å². The first-order valence-electron chi connectivity index (χ1n) is 4.40. The van der Waals surface area contributed by atoms with Crippen LogP contribution in [0.1, 0.15) is 0 Å². The molecule has 2 aromatic rings. The number of aromatic hydroxyl groups is 1. The fraction of sp³-hybridized carbons (Fsp3) is 0. The number of phenolic OH excluding ortho intramolecular Hbond substituents is 1. The van der Waals surface area contributed by atoms with Crippen LogP contribution in [0.25, 0.3) is 10.8 Å². The van der Waals surface area contributed by atoms with E-state index in [0.717, 1.165) is 0 Å². The molecule has 1 unspecified atom stereocenters. The van der Waals surface area contributed by atoms with Crippen LogP contribution in [0.15, 0.2) is 41.3 Å². The van der Waals surface area contributed by atoms with E-state index in [4.69, 9.17) is 5.90 Å². The lowest BCUT2D eigenvalue weighted by Gasteiger charge is -2.02. The molecule has 1 radical (unpaired) electrons. The number of hydrogen-bond acceptors (Lipinski definition) is 4. The molecule has 0 heterocycles. The van der Waals surface area contributed by atoms with Gasteiger partial charge in [0.25, 0.3) is 0 Å². The van der Waals surface area contributed by atoms with Crippen LogP contribution in [0.4, 0.5) is 0 Å². The van der Waals surface area contributed by atoms with Crippen molar-refractivity contribution in [1.82, 2.24) is 0 Å². The summed E-state index contributed by atoms with van der Waals surface area (Å²) >= 11 is 0. The van der Waals surface area contributed by atoms with Crippen LogP contribution in [0.2, 0.25) is 0 Å². The molecular formula is C10H9NO4S+. The minimum atomic E-state index is -3.97. The van der Waals surface area contributed by atoms with Gasteiger partial charge in [-0.1, -0.05) is 18.2 Å². The summed E-state index contributed by atoms with van der Waals surface area (Å²) in [5.74, 6) is 4.70. The molecule has 0 aliphatic carbocycles. The smallest absolute Gasteiger partial charge is 0.448 e. The molecule has 0 fully saturated rings. The molecule has 16 heavy (non-hydrogen) atoms. The highest BCUT2D eigenvalue weighted by Crippen LogP contribution is 2.29. The molecule has 0 aliphatic rings. The lowest BCUT2D eigenvalue weighted by molar-refractivity contribution is 0.262. The molecule has 3 N–H and O–H groups in total. The van der Waals surface area contributed by atoms with Gasteiger partial charge in [-0.2, -0.15) is 5.90 Å². The maximum atomic E-state index is 11.5. The highest BCUT2D eigenvalue weighted by atomic mass is 32.3. The summed E-state index contributed by atoms with van der Waals surface area (Å²) in [6.07, 6.45) is 0. The third kappa shape index (κ3) is 1.79. The molecule has 0 amide bonds. The summed E-state index contributed by atoms with van der Waals surface area (Å²) in [4.78, 5) is -0.0663. The van der Waals surface area contributed by atoms with Crippen molar-refractivity contribution in [3.8, 4) is 5.75 Å². The number of rotatable bonds is 2. The molecule has 2 rings (SSSR count). The quantitative estimate of drug-likeness (QED) is 0.614. The summed E-state index contributed by atoms with van der Waals surface area (Å²) in [5.41, 5.74) is 0. The van der Waals surface area contributed by atoms with Gasteiger partial charge in [-0.3, -0.25) is 0 Å². The molecule has 6 heteroatoms. The monoisotopic (exact) mass is 239 g/mol. The van der Waals surface area contributed by atoms with Crippen molar-refractivity contribution in [1.29, 1.82) is 0 Å². The number of hydrogen-bond donors (Lipinski definition) is 2. The Morgan fingerprint density at radius 1 is 1.25 bits per heavy atom. The molecule has 0 saturated carbocycles. The van der Waals surface area contributed by atoms with Gasteiger partial charge in [-0.15, -0.1) is 0 Å². The summed E-state index contributed by atoms with van der Waals surface area (Å²) in [7, 11) is -3.97. The van der Waals surface area contributed by atoms with Crippen molar-refractivity contribution in [2.24, 2.45) is 5.90 Å². The zero-order valence-corrected chi connectivity index (χ0v) is 8.94. The van der Waals surface area contributed by atoms with Crippen LogP contribution < -0.4 is 5.90 Å². The lowest BCUT2D eigenvalue weighted by atomic mass is 10.1. The summed E-state index contributed by atoms with van der Waals surface area (Å²) in [6.45, 7) is 0. The van der Waals surface area contributed by atoms with E-state index in [2.05, 4.69) is 4.28 Å². The molecule has 0 saturated heterocycles. The molecule has 0 spiro atoms. The fourth-order valence-corrected chi connectivity index (χ4v) is 2.30. The first kappa shape index (κ1) is 11.0. The summed E-state index contributed by atoms with van der Waals surface area (Å²) < 4.78 is 27.0. The number of phenols is 1. The Hall–Kier alpha value is -1.47. The Morgan fingerprint density at radius 3 is 2.69 bits per heavy atom. The fourth-order valence-electron chi connectivity index (χ4n) is 1.50. The normalized spacial score (nSPS) is 14.9. The second kappa shape index (κ2) is 3.84. The molecule has 1 atom stereocenters. The van der Waals surface area contributed by atoms with Gasteiger partial charge in [0.2, 0.25) is 4.90 Å². The Bertz CT molecular complexity index is 584. The van der Waals surface area contributed by atoms with E-state index in [9.17, 15) is 13.9 Å². The molecule has 0 aliphatic heterocycles. The average Bonchev–Trinajstić information content (AvgIpc) is 2.28. The van der Waals surface area contributed by atoms with Gasteiger partial charge < -0.3 is 5.11 Å². The summed E-state index contributed by atoms with van der Waals surface area (Å²) in [6, 6.07) is 9.10. The van der Waals surface area contributed by atoms with Gasteiger partial charge in [-0.05, 0) is 26.0 Å². The topological polar surface area (TPSA) is 92.5 Å². The number of nitrogens with two attached hydrogens (primary N) is 1. The van der Waals surface area contributed by atoms with Crippen molar-refractivity contribution in [3.63, 3.8) is 0 Å². The molecule has 5 nitrogen and oxygen atoms in total. The van der Waals surface area contributed by atoms with E-state index >= 15 is 0 Å². The minimum Gasteiger partial charge on any atom is -0.508 e. The van der Waals surface area contributed by atoms with Gasteiger partial charge in [0.15, 0.2) is 0 Å². The lowest BCUT2D eigenvalue weighted by Crippen LogP contribution is -2.17. The van der Waals surface area contributed by atoms with Crippen molar-refractivity contribution in [2.75, 3.05) is 0 Å². The maximum Gasteiger partial charge on any atom is 0.448 e. The van der Waals surface area contributed by atoms with Gasteiger partial charge in [0, 0.05) is 11.5 Å². The average molecular weight is 239 g/mol. The molecule has 83 valence electrons. The van der Waals surface area contributed by atoms with Crippen molar-refractivity contribution in [3.05, 3.63) is 36.4 Å². The maximum absolute atomic E-state index is 11.5. The third-order valence-electron chi connectivity index (χ3n) is 2.22. The standard InChI is InChI=1S/C10H9NO4S/c11-15-16(13,14)10-3-1-2-7-4-5-8(12)6-9(7)10/h1-6,12H,11H2/q+1. The molecule has 0 aromatic heterocycles. The largest absolute Gasteiger partial charge is 0.508 e. The second-order valence-corrected chi connectivity index (χ2v) is 4.75. The highest BCUT2D eigenvalue weighted by Gasteiger charge is 2.36. The van der Waals surface area contributed by atoms with Crippen LogP contribution in [0.3, 0.4) is 0 Å². The highest BCUT2D eigenvalue weighted by molar-refractivity contribution is 7.93. The van der Waals surface area contributed by atoms with E-state index in [1.165, 1.54) is 18.2 Å². The SMILES string of the molecule is NO[S+]([O])(=O)c1cccc2ccc(O)cc12. The molecule has 2 aromatic carbocycles. The van der Waals surface area contributed by atoms with E-state index in [1.807, 2.05) is 0 Å². The van der Waals surface area contributed by atoms with E-state index in [0.29, 0.717) is 10.8 Å². The van der Waals surface area contributed by atoms with E-state index < -0.39 is 10.5 Å². The van der Waals surface area contributed by atoms with E-state index in [-0.39, 0.29) is 10.6 Å². The van der Waals surface area contributed by atoms with Crippen LogP contribution >= 0.6 is 0 Å². The Balaban J connectivity index is 2.80. The van der Waals surface area contributed by atoms with Crippen LogP contribution in [-0.2, 0) is 23.5 Å². The van der Waals surface area contributed by atoms with Crippen molar-refractivity contribution >= 4 is 21.3 Å². The predicted molar refractivity (Wildman–Crippen MR) is 57.9 cm³/mol. The van der Waals surface area contributed by atoms with Gasteiger partial charge in [0.05, 0.1) is 4.55 Å². The second-order valence-electron chi connectivity index (χ2n) is 3.21. The van der Waals surface area contributed by atoms with Crippen LogP contribution in [0.5, 0.6) is 5.75 Å². The summed E-state index contributed by atoms with van der Waals surface area (Å²) in [5, 5.41) is 10.4. The Labute approximate surface area is 92.9 Å². The van der Waals surface area contributed by atoms with Crippen molar-refractivity contribution in [2.45, 2.75) is 4.90 Å². The number of benzene rings is 2. The first-order valence-corrected chi connectivity index (χ1v) is 5.80. The minimum absolute atomic E-state index is 0.0211. The number of fused-ring (bicyclic) bond motifs is 1.